The van der Waals surface area contributed by atoms with Gasteiger partial charge in [0.05, 0.1) is 0 Å². The minimum atomic E-state index is -1.69. The van der Waals surface area contributed by atoms with Gasteiger partial charge in [-0.1, -0.05) is 85.5 Å². The molecule has 0 aliphatic carbocycles. The molecule has 0 fully saturated rings. The van der Waals surface area contributed by atoms with E-state index in [4.69, 9.17) is 0 Å². The minimum absolute atomic E-state index is 0. The summed E-state index contributed by atoms with van der Waals surface area (Å²) in [6.45, 7) is 7.29. The Labute approximate surface area is 184 Å². The van der Waals surface area contributed by atoms with Gasteiger partial charge in [-0.3, -0.25) is 9.59 Å². The van der Waals surface area contributed by atoms with Crippen molar-refractivity contribution in [2.24, 2.45) is 10.8 Å². The third-order valence-electron chi connectivity index (χ3n) is 4.67. The van der Waals surface area contributed by atoms with E-state index in [1.807, 2.05) is 0 Å². The molecule has 5 heteroatoms. The maximum Gasteiger partial charge on any atom is 2.00 e. The van der Waals surface area contributed by atoms with E-state index in [1.54, 1.807) is 20.8 Å². The van der Waals surface area contributed by atoms with E-state index in [2.05, 4.69) is 6.92 Å². The second-order valence-electron chi connectivity index (χ2n) is 7.34. The topological polar surface area (TPSA) is 74.6 Å². The molecule has 0 unspecified atom stereocenters. The summed E-state index contributed by atoms with van der Waals surface area (Å²) < 4.78 is 0. The summed E-state index contributed by atoms with van der Waals surface area (Å²) in [7, 11) is 0. The van der Waals surface area contributed by atoms with Crippen molar-refractivity contribution in [1.29, 1.82) is 0 Å². The van der Waals surface area contributed by atoms with E-state index < -0.39 is 22.8 Å². The zero-order valence-corrected chi connectivity index (χ0v) is 19.9. The number of rotatable bonds is 12. The Hall–Kier alpha value is 0.511. The number of carboxylic acids is 2. The Kier molecular flexibility index (Phi) is 14.3. The van der Waals surface area contributed by atoms with Gasteiger partial charge < -0.3 is 13.1 Å². The second-order valence-corrected chi connectivity index (χ2v) is 7.34. The molecule has 0 atom stereocenters. The molecule has 4 nitrogen and oxygen atoms in total. The van der Waals surface area contributed by atoms with Crippen molar-refractivity contribution in [1.82, 2.24) is 0 Å². The van der Waals surface area contributed by atoms with Crippen molar-refractivity contribution in [2.75, 3.05) is 0 Å². The molecule has 0 saturated heterocycles. The van der Waals surface area contributed by atoms with Crippen LogP contribution in [0.2, 0.25) is 0 Å². The van der Waals surface area contributed by atoms with Crippen LogP contribution in [0.4, 0.5) is 0 Å². The first-order valence-electron chi connectivity index (χ1n) is 8.67. The Balaban J connectivity index is -0.000000735. The van der Waals surface area contributed by atoms with Crippen molar-refractivity contribution in [3.63, 3.8) is 0 Å². The van der Waals surface area contributed by atoms with Crippen molar-refractivity contribution in [2.45, 2.75) is 91.9 Å². The van der Waals surface area contributed by atoms with E-state index in [0.29, 0.717) is 6.42 Å². The zero-order chi connectivity index (χ0) is 17.2. The van der Waals surface area contributed by atoms with E-state index in [1.165, 1.54) is 32.1 Å². The fourth-order valence-corrected chi connectivity index (χ4v) is 3.02. The summed E-state index contributed by atoms with van der Waals surface area (Å²) in [5, 5.41) is 18.9. The summed E-state index contributed by atoms with van der Waals surface area (Å²) in [4.78, 5) is 23.2. The number of hydrogen-bond donors (Lipinski definition) is 2. The number of carboxylic acid groups (broad SMARTS) is 2. The molecule has 0 spiro atoms. The maximum absolute atomic E-state index is 11.6. The molecule has 0 aliphatic rings. The van der Waals surface area contributed by atoms with Gasteiger partial charge in [0, 0.05) is 0 Å². The average Bonchev–Trinajstić information content (AvgIpc) is 2.38. The van der Waals surface area contributed by atoms with E-state index >= 15 is 0 Å². The molecule has 2 N–H and O–H groups in total. The van der Waals surface area contributed by atoms with Gasteiger partial charge in [0.2, 0.25) is 0 Å². The van der Waals surface area contributed by atoms with Gasteiger partial charge in [-0.05, 0) is 11.8 Å². The number of unbranched alkanes of at least 4 members (excludes halogenated alkanes) is 8. The normalized spacial score (nSPS) is 11.8. The van der Waals surface area contributed by atoms with Gasteiger partial charge in [0.25, 0.3) is 0 Å². The second kappa shape index (κ2) is 12.8. The average molecular weight is 454 g/mol. The van der Waals surface area contributed by atoms with Crippen LogP contribution in [0, 0.1) is 10.8 Å². The summed E-state index contributed by atoms with van der Waals surface area (Å²) in [6.07, 6.45) is 10.3. The number of aliphatic carboxylic acids is 2. The molecule has 0 aromatic heterocycles. The molecule has 0 amide bonds. The first-order valence-corrected chi connectivity index (χ1v) is 8.67. The monoisotopic (exact) mass is 454 g/mol. The molecule has 0 rings (SSSR count). The first-order chi connectivity index (χ1) is 10.2. The minimum Gasteiger partial charge on any atom is -1.00 e. The molecular weight excluding hydrogens is 418 g/mol. The molecule has 0 bridgehead atoms. The third-order valence-corrected chi connectivity index (χ3v) is 4.67. The van der Waals surface area contributed by atoms with Crippen molar-refractivity contribution >= 4 is 60.8 Å². The van der Waals surface area contributed by atoms with Crippen LogP contribution in [0.1, 0.15) is 94.8 Å². The summed E-state index contributed by atoms with van der Waals surface area (Å²) in [6, 6.07) is 0. The van der Waals surface area contributed by atoms with Gasteiger partial charge in [-0.15, -0.1) is 0 Å². The largest absolute Gasteiger partial charge is 2.00 e. The van der Waals surface area contributed by atoms with Crippen molar-refractivity contribution in [3.05, 3.63) is 0 Å². The molecule has 0 radical (unpaired) electrons. The van der Waals surface area contributed by atoms with Gasteiger partial charge in [0.1, 0.15) is 0 Å². The molecule has 0 aromatic rings. The van der Waals surface area contributed by atoms with Crippen LogP contribution in [-0.2, 0) is 9.59 Å². The quantitative estimate of drug-likeness (QED) is 0.249. The van der Waals surface area contributed by atoms with Crippen molar-refractivity contribution < 1.29 is 22.7 Å². The van der Waals surface area contributed by atoms with E-state index in [-0.39, 0.29) is 58.2 Å². The fraction of sp³-hybridized carbons (Fsp3) is 0.889. The molecule has 23 heavy (non-hydrogen) atoms. The van der Waals surface area contributed by atoms with Crippen LogP contribution < -0.4 is 0 Å². The van der Waals surface area contributed by atoms with Gasteiger partial charge in [0.15, 0.2) is 5.41 Å². The van der Waals surface area contributed by atoms with Gasteiger partial charge in [-0.2, -0.15) is 0 Å². The van der Waals surface area contributed by atoms with Crippen LogP contribution >= 0.6 is 0 Å². The summed E-state index contributed by atoms with van der Waals surface area (Å²) in [5.41, 5.74) is -2.49. The number of hydrogen-bond acceptors (Lipinski definition) is 2. The molecular formula is C18H36BaO4. The summed E-state index contributed by atoms with van der Waals surface area (Å²) in [5.74, 6) is -2.43. The van der Waals surface area contributed by atoms with Crippen LogP contribution in [0.15, 0.2) is 0 Å². The zero-order valence-electron chi connectivity index (χ0n) is 17.5. The molecule has 0 heterocycles. The Morgan fingerprint density at radius 1 is 0.783 bits per heavy atom. The van der Waals surface area contributed by atoms with Crippen LogP contribution in [0.3, 0.4) is 0 Å². The third kappa shape index (κ3) is 8.43. The molecule has 0 aliphatic heterocycles. The fourth-order valence-electron chi connectivity index (χ4n) is 3.02. The number of carbonyl (C=O) groups is 2. The standard InChI is InChI=1S/C18H34O4.Ba.2H/c1-5-6-7-8-9-10-11-12-13-14-18(15(19)20,16(21)22)17(2,3)4;;;/h5-14H2,1-4H3,(H,19,20)(H,21,22);;;/q;+2;2*-1. The first kappa shape index (κ1) is 25.7. The molecule has 0 saturated carbocycles. The Morgan fingerprint density at radius 3 is 1.43 bits per heavy atom. The van der Waals surface area contributed by atoms with Crippen LogP contribution in [0.5, 0.6) is 0 Å². The van der Waals surface area contributed by atoms with Crippen molar-refractivity contribution in [3.8, 4) is 0 Å². The van der Waals surface area contributed by atoms with Crippen LogP contribution in [-0.4, -0.2) is 71.0 Å². The smallest absolute Gasteiger partial charge is 1.00 e. The van der Waals surface area contributed by atoms with E-state index in [9.17, 15) is 19.8 Å². The molecule has 0 aromatic carbocycles. The van der Waals surface area contributed by atoms with Crippen LogP contribution in [0.25, 0.3) is 0 Å². The maximum atomic E-state index is 11.6. The van der Waals surface area contributed by atoms with Gasteiger partial charge in [-0.25, -0.2) is 0 Å². The predicted octanol–water partition coefficient (Wildman–Crippen LogP) is 4.95. The van der Waals surface area contributed by atoms with Gasteiger partial charge >= 0.3 is 60.8 Å². The summed E-state index contributed by atoms with van der Waals surface area (Å²) >= 11 is 0. The van der Waals surface area contributed by atoms with E-state index in [0.717, 1.165) is 19.3 Å². The Morgan fingerprint density at radius 2 is 1.13 bits per heavy atom. The Bertz CT molecular complexity index is 343. The predicted molar refractivity (Wildman–Crippen MR) is 97.0 cm³/mol. The SMILES string of the molecule is CCCCCCCCCCCC(C(=O)O)(C(=O)O)C(C)(C)C.[Ba+2].[H-].[H-]. The molecule has 134 valence electrons.